The van der Waals surface area contributed by atoms with Crippen LogP contribution in [0.25, 0.3) is 10.8 Å². The van der Waals surface area contributed by atoms with E-state index in [0.29, 0.717) is 23.6 Å². The Labute approximate surface area is 122 Å². The smallest absolute Gasteiger partial charge is 0.136 e. The second-order valence-corrected chi connectivity index (χ2v) is 4.66. The Bertz CT molecular complexity index is 820. The molecule has 0 aliphatic heterocycles. The highest BCUT2D eigenvalue weighted by molar-refractivity contribution is 5.96. The van der Waals surface area contributed by atoms with Gasteiger partial charge in [0.05, 0.1) is 12.5 Å². The van der Waals surface area contributed by atoms with Crippen LogP contribution in [0.2, 0.25) is 0 Å². The second-order valence-electron chi connectivity index (χ2n) is 4.66. The summed E-state index contributed by atoms with van der Waals surface area (Å²) >= 11 is 0. The molecule has 0 radical (unpaired) electrons. The lowest BCUT2D eigenvalue weighted by molar-refractivity contribution is 0.488. The summed E-state index contributed by atoms with van der Waals surface area (Å²) in [6.45, 7) is 0. The Morgan fingerprint density at radius 1 is 1.05 bits per heavy atom. The average molecular weight is 275 g/mol. The number of pyridine rings is 1. The molecule has 0 spiro atoms. The Balaban J connectivity index is 1.95. The first kappa shape index (κ1) is 12.9. The summed E-state index contributed by atoms with van der Waals surface area (Å²) in [7, 11) is 0. The van der Waals surface area contributed by atoms with Crippen LogP contribution in [0.3, 0.4) is 0 Å². The van der Waals surface area contributed by atoms with Crippen molar-refractivity contribution in [2.45, 2.75) is 6.42 Å². The van der Waals surface area contributed by atoms with Gasteiger partial charge in [-0.1, -0.05) is 12.1 Å². The predicted octanol–water partition coefficient (Wildman–Crippen LogP) is 3.68. The number of ether oxygens (including phenoxy) is 1. The highest BCUT2D eigenvalue weighted by Crippen LogP contribution is 2.32. The molecule has 2 aromatic carbocycles. The van der Waals surface area contributed by atoms with Crippen molar-refractivity contribution in [1.82, 2.24) is 4.98 Å². The fraction of sp³-hybridized carbons (Fsp3) is 0.0588. The van der Waals surface area contributed by atoms with E-state index < -0.39 is 0 Å². The van der Waals surface area contributed by atoms with Gasteiger partial charge in [-0.15, -0.1) is 0 Å². The van der Waals surface area contributed by atoms with Gasteiger partial charge in [0.1, 0.15) is 11.5 Å². The van der Waals surface area contributed by atoms with E-state index in [9.17, 15) is 0 Å². The molecule has 1 aromatic heterocycles. The molecule has 0 unspecified atom stereocenters. The Hall–Kier alpha value is -3.06. The van der Waals surface area contributed by atoms with Crippen molar-refractivity contribution in [3.8, 4) is 17.6 Å². The van der Waals surface area contributed by atoms with Gasteiger partial charge < -0.3 is 10.5 Å². The topological polar surface area (TPSA) is 71.9 Å². The summed E-state index contributed by atoms with van der Waals surface area (Å²) in [6, 6.07) is 15.1. The predicted molar refractivity (Wildman–Crippen MR) is 82.0 cm³/mol. The maximum atomic E-state index is 8.67. The van der Waals surface area contributed by atoms with E-state index in [0.717, 1.165) is 16.3 Å². The summed E-state index contributed by atoms with van der Waals surface area (Å²) in [5.74, 6) is 1.42. The number of hydrogen-bond donors (Lipinski definition) is 1. The second kappa shape index (κ2) is 5.51. The number of rotatable bonds is 3. The molecule has 0 bridgehead atoms. The minimum absolute atomic E-state index is 0.398. The van der Waals surface area contributed by atoms with Gasteiger partial charge in [0, 0.05) is 28.9 Å². The van der Waals surface area contributed by atoms with Gasteiger partial charge in [0.2, 0.25) is 0 Å². The molecule has 21 heavy (non-hydrogen) atoms. The summed E-state index contributed by atoms with van der Waals surface area (Å²) in [4.78, 5) is 4.12. The lowest BCUT2D eigenvalue weighted by atomic mass is 10.1. The molecule has 0 aliphatic rings. The number of anilines is 1. The number of nitrogens with zero attached hydrogens (tertiary/aromatic N) is 2. The third kappa shape index (κ3) is 2.63. The molecule has 3 aromatic rings. The quantitative estimate of drug-likeness (QED) is 0.740. The van der Waals surface area contributed by atoms with Gasteiger partial charge in [-0.3, -0.25) is 4.98 Å². The molecule has 1 heterocycles. The van der Waals surface area contributed by atoms with Crippen LogP contribution < -0.4 is 10.5 Å². The molecule has 0 saturated heterocycles. The molecule has 4 nitrogen and oxygen atoms in total. The largest absolute Gasteiger partial charge is 0.457 e. The van der Waals surface area contributed by atoms with Gasteiger partial charge in [-0.2, -0.15) is 5.26 Å². The molecular formula is C17H13N3O. The third-order valence-electron chi connectivity index (χ3n) is 3.25. The van der Waals surface area contributed by atoms with E-state index in [-0.39, 0.29) is 0 Å². The van der Waals surface area contributed by atoms with Crippen molar-refractivity contribution in [3.05, 3.63) is 60.4 Å². The first-order valence-corrected chi connectivity index (χ1v) is 6.54. The molecule has 0 fully saturated rings. The van der Waals surface area contributed by atoms with Crippen LogP contribution >= 0.6 is 0 Å². The number of hydrogen-bond acceptors (Lipinski definition) is 4. The van der Waals surface area contributed by atoms with Crippen LogP contribution in [0, 0.1) is 11.3 Å². The zero-order chi connectivity index (χ0) is 14.7. The molecule has 102 valence electrons. The Kier molecular flexibility index (Phi) is 3.40. The minimum Gasteiger partial charge on any atom is -0.457 e. The van der Waals surface area contributed by atoms with Crippen LogP contribution in [0.1, 0.15) is 5.56 Å². The van der Waals surface area contributed by atoms with Crippen molar-refractivity contribution in [3.63, 3.8) is 0 Å². The van der Waals surface area contributed by atoms with Crippen LogP contribution in [-0.2, 0) is 6.42 Å². The normalized spacial score (nSPS) is 10.2. The zero-order valence-corrected chi connectivity index (χ0v) is 11.3. The fourth-order valence-electron chi connectivity index (χ4n) is 2.17. The number of nitriles is 1. The van der Waals surface area contributed by atoms with Crippen LogP contribution in [0.15, 0.2) is 54.9 Å². The maximum Gasteiger partial charge on any atom is 0.136 e. The van der Waals surface area contributed by atoms with Crippen LogP contribution in [0.5, 0.6) is 11.5 Å². The van der Waals surface area contributed by atoms with Gasteiger partial charge in [-0.25, -0.2) is 0 Å². The first-order chi connectivity index (χ1) is 10.3. The van der Waals surface area contributed by atoms with Gasteiger partial charge in [-0.05, 0) is 35.9 Å². The van der Waals surface area contributed by atoms with Crippen molar-refractivity contribution >= 4 is 16.5 Å². The third-order valence-corrected chi connectivity index (χ3v) is 3.25. The molecular weight excluding hydrogens is 262 g/mol. The van der Waals surface area contributed by atoms with E-state index in [1.807, 2.05) is 42.5 Å². The van der Waals surface area contributed by atoms with E-state index >= 15 is 0 Å². The molecule has 0 amide bonds. The summed E-state index contributed by atoms with van der Waals surface area (Å²) in [5, 5.41) is 10.5. The van der Waals surface area contributed by atoms with E-state index in [2.05, 4.69) is 11.1 Å². The average Bonchev–Trinajstić information content (AvgIpc) is 2.52. The van der Waals surface area contributed by atoms with Gasteiger partial charge in [0.25, 0.3) is 0 Å². The van der Waals surface area contributed by atoms with Crippen LogP contribution in [-0.4, -0.2) is 4.98 Å². The van der Waals surface area contributed by atoms with Crippen molar-refractivity contribution in [2.75, 3.05) is 5.73 Å². The van der Waals surface area contributed by atoms with Crippen molar-refractivity contribution in [2.24, 2.45) is 0 Å². The highest BCUT2D eigenvalue weighted by Gasteiger charge is 2.06. The minimum atomic E-state index is 0.398. The van der Waals surface area contributed by atoms with Crippen molar-refractivity contribution < 1.29 is 4.74 Å². The fourth-order valence-corrected chi connectivity index (χ4v) is 2.17. The van der Waals surface area contributed by atoms with Crippen LogP contribution in [0.4, 0.5) is 5.69 Å². The molecule has 0 atom stereocenters. The summed E-state index contributed by atoms with van der Waals surface area (Å²) < 4.78 is 5.90. The lowest BCUT2D eigenvalue weighted by Crippen LogP contribution is -1.91. The Morgan fingerprint density at radius 3 is 2.62 bits per heavy atom. The highest BCUT2D eigenvalue weighted by atomic mass is 16.5. The summed E-state index contributed by atoms with van der Waals surface area (Å²) in [5.41, 5.74) is 7.62. The molecule has 4 heteroatoms. The molecule has 0 aliphatic carbocycles. The number of nitrogens with two attached hydrogens (primary N) is 1. The standard InChI is InChI=1S/C17H13N3O/c18-9-7-12-1-3-13(4-2-12)21-17-6-5-16(19)14-8-10-20-11-15(14)17/h1-6,8,10-11H,7,19H2. The number of benzene rings is 2. The lowest BCUT2D eigenvalue weighted by Gasteiger charge is -2.10. The van der Waals surface area contributed by atoms with Gasteiger partial charge >= 0.3 is 0 Å². The Morgan fingerprint density at radius 2 is 1.86 bits per heavy atom. The maximum absolute atomic E-state index is 8.67. The van der Waals surface area contributed by atoms with E-state index in [4.69, 9.17) is 15.7 Å². The number of fused-ring (bicyclic) bond motifs is 1. The first-order valence-electron chi connectivity index (χ1n) is 6.54. The molecule has 3 rings (SSSR count). The summed E-state index contributed by atoms with van der Waals surface area (Å²) in [6.07, 6.45) is 3.85. The van der Waals surface area contributed by atoms with E-state index in [1.165, 1.54) is 0 Å². The SMILES string of the molecule is N#CCc1ccc(Oc2ccc(N)c3ccncc23)cc1. The zero-order valence-electron chi connectivity index (χ0n) is 11.3. The monoisotopic (exact) mass is 275 g/mol. The number of nitrogen functional groups attached to an aromatic ring is 1. The van der Waals surface area contributed by atoms with Gasteiger partial charge in [0.15, 0.2) is 0 Å². The van der Waals surface area contributed by atoms with Crippen molar-refractivity contribution in [1.29, 1.82) is 5.26 Å². The molecule has 0 saturated carbocycles. The van der Waals surface area contributed by atoms with E-state index in [1.54, 1.807) is 12.4 Å². The molecule has 2 N–H and O–H groups in total. The number of aromatic nitrogens is 1.